The number of carboxylic acid groups (broad SMARTS) is 1. The summed E-state index contributed by atoms with van der Waals surface area (Å²) < 4.78 is 0. The van der Waals surface area contributed by atoms with Gasteiger partial charge in [0.2, 0.25) is 0 Å². The highest BCUT2D eigenvalue weighted by molar-refractivity contribution is 7.18. The fourth-order valence-corrected chi connectivity index (χ4v) is 4.44. The Morgan fingerprint density at radius 1 is 1.48 bits per heavy atom. The van der Waals surface area contributed by atoms with Crippen LogP contribution < -0.4 is 5.56 Å². The van der Waals surface area contributed by atoms with E-state index < -0.39 is 5.97 Å². The van der Waals surface area contributed by atoms with Crippen LogP contribution in [0.4, 0.5) is 0 Å². The summed E-state index contributed by atoms with van der Waals surface area (Å²) in [6.07, 6.45) is 3.15. The van der Waals surface area contributed by atoms with Gasteiger partial charge >= 0.3 is 5.97 Å². The highest BCUT2D eigenvalue weighted by Crippen LogP contribution is 2.45. The van der Waals surface area contributed by atoms with Crippen LogP contribution >= 0.6 is 11.3 Å². The van der Waals surface area contributed by atoms with E-state index in [2.05, 4.69) is 23.8 Å². The second-order valence-corrected chi connectivity index (χ2v) is 7.31. The molecule has 1 aliphatic rings. The van der Waals surface area contributed by atoms with Crippen molar-refractivity contribution in [2.75, 3.05) is 0 Å². The molecule has 3 rings (SSSR count). The Labute approximate surface area is 126 Å². The lowest BCUT2D eigenvalue weighted by Gasteiger charge is -2.17. The van der Waals surface area contributed by atoms with Crippen molar-refractivity contribution in [1.29, 1.82) is 0 Å². The lowest BCUT2D eigenvalue weighted by molar-refractivity contribution is -0.137. The number of nitrogens with one attached hydrogen (secondary N) is 1. The van der Waals surface area contributed by atoms with Gasteiger partial charge in [0.05, 0.1) is 5.39 Å². The molecule has 21 heavy (non-hydrogen) atoms. The van der Waals surface area contributed by atoms with Crippen molar-refractivity contribution in [2.45, 2.75) is 51.4 Å². The smallest absolute Gasteiger partial charge is 0.303 e. The van der Waals surface area contributed by atoms with Gasteiger partial charge in [0.15, 0.2) is 0 Å². The number of hydrogen-bond acceptors (Lipinski definition) is 4. The fraction of sp³-hybridized carbons (Fsp3) is 0.533. The summed E-state index contributed by atoms with van der Waals surface area (Å²) in [4.78, 5) is 32.4. The van der Waals surface area contributed by atoms with Gasteiger partial charge in [0.25, 0.3) is 5.56 Å². The lowest BCUT2D eigenvalue weighted by atomic mass is 9.86. The van der Waals surface area contributed by atoms with Crippen LogP contribution in [0.1, 0.15) is 49.4 Å². The zero-order chi connectivity index (χ0) is 15.2. The second-order valence-electron chi connectivity index (χ2n) is 6.22. The summed E-state index contributed by atoms with van der Waals surface area (Å²) in [7, 11) is 0. The SMILES string of the molecule is CC1(C)CCc2sc3nc(CCCC(=O)O)[nH]c(=O)c3c21. The van der Waals surface area contributed by atoms with Gasteiger partial charge in [-0.15, -0.1) is 11.3 Å². The zero-order valence-corrected chi connectivity index (χ0v) is 13.0. The number of carboxylic acids is 1. The van der Waals surface area contributed by atoms with Gasteiger partial charge in [0.1, 0.15) is 10.7 Å². The quantitative estimate of drug-likeness (QED) is 0.909. The number of fused-ring (bicyclic) bond motifs is 3. The molecular weight excluding hydrogens is 288 g/mol. The van der Waals surface area contributed by atoms with E-state index in [0.717, 1.165) is 28.6 Å². The third kappa shape index (κ3) is 2.48. The molecule has 0 atom stereocenters. The van der Waals surface area contributed by atoms with Crippen LogP contribution in [0.15, 0.2) is 4.79 Å². The molecule has 0 radical (unpaired) electrons. The fourth-order valence-electron chi connectivity index (χ4n) is 3.07. The zero-order valence-electron chi connectivity index (χ0n) is 12.2. The lowest BCUT2D eigenvalue weighted by Crippen LogP contribution is -2.18. The van der Waals surface area contributed by atoms with Crippen molar-refractivity contribution in [3.05, 3.63) is 26.6 Å². The average Bonchev–Trinajstić information content (AvgIpc) is 2.87. The van der Waals surface area contributed by atoms with Crippen LogP contribution in [0.25, 0.3) is 10.2 Å². The minimum Gasteiger partial charge on any atom is -0.481 e. The maximum Gasteiger partial charge on any atom is 0.303 e. The molecule has 0 aromatic carbocycles. The van der Waals surface area contributed by atoms with Crippen molar-refractivity contribution in [3.63, 3.8) is 0 Å². The van der Waals surface area contributed by atoms with Crippen molar-refractivity contribution in [2.24, 2.45) is 0 Å². The number of nitrogens with zero attached hydrogens (tertiary/aromatic N) is 1. The van der Waals surface area contributed by atoms with Crippen LogP contribution in [-0.4, -0.2) is 21.0 Å². The molecule has 2 heterocycles. The molecule has 0 aliphatic heterocycles. The standard InChI is InChI=1S/C15H18N2O3S/c1-15(2)7-6-8-12(15)11-13(20)16-9(17-14(11)21-8)4-3-5-10(18)19/h3-7H2,1-2H3,(H,18,19)(H,16,17,20). The van der Waals surface area contributed by atoms with Crippen molar-refractivity contribution in [1.82, 2.24) is 9.97 Å². The summed E-state index contributed by atoms with van der Waals surface area (Å²) in [6.45, 7) is 4.34. The average molecular weight is 306 g/mol. The van der Waals surface area contributed by atoms with E-state index in [0.29, 0.717) is 18.7 Å². The molecule has 1 aliphatic carbocycles. The van der Waals surface area contributed by atoms with Crippen molar-refractivity contribution in [3.8, 4) is 0 Å². The van der Waals surface area contributed by atoms with Crippen LogP contribution in [-0.2, 0) is 23.1 Å². The van der Waals surface area contributed by atoms with E-state index >= 15 is 0 Å². The first-order valence-electron chi connectivity index (χ1n) is 7.15. The molecule has 0 amide bonds. The summed E-state index contributed by atoms with van der Waals surface area (Å²) >= 11 is 1.61. The number of aromatic nitrogens is 2. The van der Waals surface area contributed by atoms with Crippen LogP contribution in [0.3, 0.4) is 0 Å². The topological polar surface area (TPSA) is 83.0 Å². The monoisotopic (exact) mass is 306 g/mol. The summed E-state index contributed by atoms with van der Waals surface area (Å²) in [5.74, 6) is -0.234. The van der Waals surface area contributed by atoms with Gasteiger partial charge in [0, 0.05) is 17.7 Å². The largest absolute Gasteiger partial charge is 0.481 e. The molecule has 0 bridgehead atoms. The molecule has 0 spiro atoms. The van der Waals surface area contributed by atoms with Gasteiger partial charge in [-0.3, -0.25) is 9.59 Å². The summed E-state index contributed by atoms with van der Waals surface area (Å²) in [6, 6.07) is 0. The number of aliphatic carboxylic acids is 1. The van der Waals surface area contributed by atoms with E-state index in [-0.39, 0.29) is 17.4 Å². The third-order valence-electron chi connectivity index (χ3n) is 4.14. The van der Waals surface area contributed by atoms with Crippen molar-refractivity contribution >= 4 is 27.5 Å². The molecule has 2 aromatic rings. The molecule has 2 aromatic heterocycles. The molecule has 5 nitrogen and oxygen atoms in total. The van der Waals surface area contributed by atoms with Gasteiger partial charge in [-0.25, -0.2) is 4.98 Å². The number of thiophene rings is 1. The van der Waals surface area contributed by atoms with Crippen LogP contribution in [0.5, 0.6) is 0 Å². The predicted molar refractivity (Wildman–Crippen MR) is 82.2 cm³/mol. The summed E-state index contributed by atoms with van der Waals surface area (Å²) in [5.41, 5.74) is 1.11. The molecule has 6 heteroatoms. The van der Waals surface area contributed by atoms with Gasteiger partial charge in [-0.1, -0.05) is 13.8 Å². The van der Waals surface area contributed by atoms with Gasteiger partial charge in [-0.2, -0.15) is 0 Å². The molecule has 112 valence electrons. The molecule has 0 unspecified atom stereocenters. The Kier molecular flexibility index (Phi) is 3.36. The molecule has 0 saturated heterocycles. The van der Waals surface area contributed by atoms with Crippen LogP contribution in [0.2, 0.25) is 0 Å². The normalized spacial score (nSPS) is 16.3. The first kappa shape index (κ1) is 14.3. The Balaban J connectivity index is 2.00. The van der Waals surface area contributed by atoms with Gasteiger partial charge in [-0.05, 0) is 30.2 Å². The highest BCUT2D eigenvalue weighted by Gasteiger charge is 2.35. The van der Waals surface area contributed by atoms with E-state index in [9.17, 15) is 9.59 Å². The molecule has 0 saturated carbocycles. The third-order valence-corrected chi connectivity index (χ3v) is 5.29. The van der Waals surface area contributed by atoms with E-state index in [1.165, 1.54) is 4.88 Å². The van der Waals surface area contributed by atoms with E-state index in [1.54, 1.807) is 11.3 Å². The minimum absolute atomic E-state index is 0.0348. The molecular formula is C15H18N2O3S. The number of rotatable bonds is 4. The maximum absolute atomic E-state index is 12.4. The number of aromatic amines is 1. The Bertz CT molecular complexity index is 773. The van der Waals surface area contributed by atoms with Crippen LogP contribution in [0, 0.1) is 0 Å². The summed E-state index contributed by atoms with van der Waals surface area (Å²) in [5, 5.41) is 9.40. The molecule has 0 fully saturated rings. The Morgan fingerprint density at radius 3 is 2.95 bits per heavy atom. The van der Waals surface area contributed by atoms with E-state index in [1.807, 2.05) is 0 Å². The maximum atomic E-state index is 12.4. The van der Waals surface area contributed by atoms with Crippen molar-refractivity contribution < 1.29 is 9.90 Å². The molecule has 2 N–H and O–H groups in total. The first-order chi connectivity index (χ1) is 9.88. The number of carbonyl (C=O) groups is 1. The highest BCUT2D eigenvalue weighted by atomic mass is 32.1. The first-order valence-corrected chi connectivity index (χ1v) is 7.97. The minimum atomic E-state index is -0.824. The number of aryl methyl sites for hydroxylation is 2. The Morgan fingerprint density at radius 2 is 2.24 bits per heavy atom. The number of hydrogen-bond donors (Lipinski definition) is 2. The Hall–Kier alpha value is -1.69. The van der Waals surface area contributed by atoms with Gasteiger partial charge < -0.3 is 10.1 Å². The van der Waals surface area contributed by atoms with E-state index in [4.69, 9.17) is 5.11 Å². The second kappa shape index (κ2) is 4.94. The predicted octanol–water partition coefficient (Wildman–Crippen LogP) is 2.62. The number of H-pyrrole nitrogens is 1.